The predicted octanol–water partition coefficient (Wildman–Crippen LogP) is 3.72. The van der Waals surface area contributed by atoms with E-state index in [9.17, 15) is 10.4 Å². The molecule has 0 saturated heterocycles. The van der Waals surface area contributed by atoms with Gasteiger partial charge in [-0.1, -0.05) is 0 Å². The third-order valence-corrected chi connectivity index (χ3v) is 3.98. The van der Waals surface area contributed by atoms with E-state index in [2.05, 4.69) is 37.5 Å². The lowest BCUT2D eigenvalue weighted by molar-refractivity contribution is 0.184. The van der Waals surface area contributed by atoms with Crippen molar-refractivity contribution in [2.24, 2.45) is 5.10 Å². The second-order valence-corrected chi connectivity index (χ2v) is 6.20. The Morgan fingerprint density at radius 1 is 1.42 bits per heavy atom. The van der Waals surface area contributed by atoms with E-state index in [-0.39, 0.29) is 5.75 Å². The second-order valence-electron chi connectivity index (χ2n) is 5.34. The van der Waals surface area contributed by atoms with E-state index in [0.717, 1.165) is 11.3 Å². The van der Waals surface area contributed by atoms with Crippen molar-refractivity contribution in [2.45, 2.75) is 20.5 Å². The van der Waals surface area contributed by atoms with Crippen molar-refractivity contribution in [1.82, 2.24) is 4.98 Å². The van der Waals surface area contributed by atoms with E-state index in [1.54, 1.807) is 25.5 Å². The van der Waals surface area contributed by atoms with Crippen LogP contribution in [0.5, 0.6) is 11.5 Å². The van der Waals surface area contributed by atoms with Crippen LogP contribution in [0.4, 0.5) is 5.82 Å². The van der Waals surface area contributed by atoms with E-state index >= 15 is 0 Å². The molecule has 136 valence electrons. The molecule has 0 atom stereocenters. The normalized spacial score (nSPS) is 10.7. The first kappa shape index (κ1) is 19.7. The van der Waals surface area contributed by atoms with Gasteiger partial charge in [0, 0.05) is 18.4 Å². The Morgan fingerprint density at radius 2 is 2.19 bits per heavy atom. The average molecular weight is 419 g/mol. The number of nitrogens with one attached hydrogen (secondary N) is 1. The highest BCUT2D eigenvalue weighted by Gasteiger charge is 2.11. The average Bonchev–Trinajstić information content (AvgIpc) is 2.59. The Morgan fingerprint density at radius 3 is 2.85 bits per heavy atom. The number of methoxy groups -OCH3 is 1. The molecule has 2 N–H and O–H groups in total. The Balaban J connectivity index is 2.27. The number of aromatic nitrogens is 1. The number of nitrogens with zero attached hydrogens (tertiary/aromatic N) is 3. The van der Waals surface area contributed by atoms with Crippen molar-refractivity contribution in [3.05, 3.63) is 45.1 Å². The quantitative estimate of drug-likeness (QED) is 0.524. The van der Waals surface area contributed by atoms with E-state index < -0.39 is 0 Å². The maximum atomic E-state index is 9.95. The summed E-state index contributed by atoms with van der Waals surface area (Å²) in [5, 5.41) is 23.5. The molecule has 1 aromatic carbocycles. The molecule has 0 saturated carbocycles. The third-order valence-electron chi connectivity index (χ3n) is 3.38. The van der Waals surface area contributed by atoms with E-state index in [1.807, 2.05) is 19.9 Å². The molecule has 2 aromatic rings. The summed E-state index contributed by atoms with van der Waals surface area (Å²) in [6, 6.07) is 7.31. The minimum Gasteiger partial charge on any atom is -0.503 e. The van der Waals surface area contributed by atoms with Gasteiger partial charge in [-0.25, -0.2) is 4.98 Å². The lowest BCUT2D eigenvalue weighted by Crippen LogP contribution is -2.03. The number of hydrazone groups is 1. The standard InChI is InChI=1S/C18H19BrN4O3/c1-4-26-16-7-12(6-15(19)17(16)24)9-21-23-18-14(8-20)13(10-25-3)5-11(2)22-18/h5-7,9,24H,4,10H2,1-3H3,(H,22,23)/b21-9+. The zero-order chi connectivity index (χ0) is 19.1. The van der Waals surface area contributed by atoms with Crippen molar-refractivity contribution < 1.29 is 14.6 Å². The Bertz CT molecular complexity index is 862. The Hall–Kier alpha value is -2.63. The van der Waals surface area contributed by atoms with Crippen LogP contribution in [0.2, 0.25) is 0 Å². The molecule has 0 bridgehead atoms. The number of rotatable bonds is 7. The molecule has 26 heavy (non-hydrogen) atoms. The van der Waals surface area contributed by atoms with E-state index in [0.29, 0.717) is 40.4 Å². The van der Waals surface area contributed by atoms with Gasteiger partial charge in [0.05, 0.1) is 23.9 Å². The van der Waals surface area contributed by atoms with Crippen LogP contribution in [0.15, 0.2) is 27.8 Å². The SMILES string of the molecule is CCOc1cc(/C=N/Nc2nc(C)cc(COC)c2C#N)cc(Br)c1O. The number of phenolic OH excluding ortho intramolecular Hbond substituents is 1. The van der Waals surface area contributed by atoms with Crippen molar-refractivity contribution in [1.29, 1.82) is 5.26 Å². The number of phenols is 1. The Kier molecular flexibility index (Phi) is 6.95. The fourth-order valence-electron chi connectivity index (χ4n) is 2.32. The number of hydrogen-bond acceptors (Lipinski definition) is 7. The van der Waals surface area contributed by atoms with Crippen molar-refractivity contribution in [3.63, 3.8) is 0 Å². The number of benzene rings is 1. The van der Waals surface area contributed by atoms with Gasteiger partial charge in [-0.3, -0.25) is 5.43 Å². The van der Waals surface area contributed by atoms with Crippen LogP contribution in [0, 0.1) is 18.3 Å². The summed E-state index contributed by atoms with van der Waals surface area (Å²) in [4.78, 5) is 4.32. The van der Waals surface area contributed by atoms with Crippen LogP contribution in [0.1, 0.15) is 29.3 Å². The maximum absolute atomic E-state index is 9.95. The molecular weight excluding hydrogens is 400 g/mol. The van der Waals surface area contributed by atoms with Gasteiger partial charge in [0.25, 0.3) is 0 Å². The molecule has 0 spiro atoms. The molecule has 0 radical (unpaired) electrons. The van der Waals surface area contributed by atoms with Crippen molar-refractivity contribution in [2.75, 3.05) is 19.1 Å². The lowest BCUT2D eigenvalue weighted by atomic mass is 10.1. The highest BCUT2D eigenvalue weighted by molar-refractivity contribution is 9.10. The highest BCUT2D eigenvalue weighted by Crippen LogP contribution is 2.35. The van der Waals surface area contributed by atoms with Gasteiger partial charge in [-0.2, -0.15) is 10.4 Å². The number of hydrogen-bond donors (Lipinski definition) is 2. The fourth-order valence-corrected chi connectivity index (χ4v) is 2.78. The molecule has 0 aliphatic rings. The highest BCUT2D eigenvalue weighted by atomic mass is 79.9. The van der Waals surface area contributed by atoms with Crippen LogP contribution < -0.4 is 10.2 Å². The number of ether oxygens (including phenoxy) is 2. The van der Waals surface area contributed by atoms with Gasteiger partial charge in [-0.05, 0) is 53.5 Å². The van der Waals surface area contributed by atoms with Crippen molar-refractivity contribution >= 4 is 28.0 Å². The molecule has 0 fully saturated rings. The summed E-state index contributed by atoms with van der Waals surface area (Å²) in [5.41, 5.74) is 5.38. The third kappa shape index (κ3) is 4.71. The lowest BCUT2D eigenvalue weighted by Gasteiger charge is -2.10. The monoisotopic (exact) mass is 418 g/mol. The number of nitriles is 1. The predicted molar refractivity (Wildman–Crippen MR) is 103 cm³/mol. The van der Waals surface area contributed by atoms with Gasteiger partial charge in [0.2, 0.25) is 0 Å². The molecular formula is C18H19BrN4O3. The zero-order valence-electron chi connectivity index (χ0n) is 14.7. The summed E-state index contributed by atoms with van der Waals surface area (Å²) in [5.74, 6) is 0.754. The summed E-state index contributed by atoms with van der Waals surface area (Å²) in [6.45, 7) is 4.41. The summed E-state index contributed by atoms with van der Waals surface area (Å²) < 4.78 is 11.0. The van der Waals surface area contributed by atoms with E-state index in [1.165, 1.54) is 0 Å². The van der Waals surface area contributed by atoms with E-state index in [4.69, 9.17) is 9.47 Å². The van der Waals surface area contributed by atoms with Gasteiger partial charge in [0.15, 0.2) is 17.3 Å². The molecule has 0 aliphatic heterocycles. The van der Waals surface area contributed by atoms with Crippen LogP contribution in [0.3, 0.4) is 0 Å². The molecule has 8 heteroatoms. The topological polar surface area (TPSA) is 99.8 Å². The summed E-state index contributed by atoms with van der Waals surface area (Å²) in [7, 11) is 1.57. The second kappa shape index (κ2) is 9.17. The van der Waals surface area contributed by atoms with Gasteiger partial charge >= 0.3 is 0 Å². The number of pyridine rings is 1. The minimum absolute atomic E-state index is 0.0354. The molecule has 7 nitrogen and oxygen atoms in total. The first-order chi connectivity index (χ1) is 12.5. The van der Waals surface area contributed by atoms with Gasteiger partial charge < -0.3 is 14.6 Å². The van der Waals surface area contributed by atoms with Crippen LogP contribution in [-0.2, 0) is 11.3 Å². The molecule has 0 unspecified atom stereocenters. The zero-order valence-corrected chi connectivity index (χ0v) is 16.3. The fraction of sp³-hybridized carbons (Fsp3) is 0.278. The molecule has 0 aliphatic carbocycles. The first-order valence-corrected chi connectivity index (χ1v) is 8.63. The summed E-state index contributed by atoms with van der Waals surface area (Å²) >= 11 is 3.28. The van der Waals surface area contributed by atoms with Crippen LogP contribution >= 0.6 is 15.9 Å². The number of aryl methyl sites for hydroxylation is 1. The maximum Gasteiger partial charge on any atom is 0.172 e. The number of aromatic hydroxyl groups is 1. The van der Waals surface area contributed by atoms with Crippen LogP contribution in [-0.4, -0.2) is 30.0 Å². The molecule has 2 rings (SSSR count). The minimum atomic E-state index is 0.0354. The number of anilines is 1. The Labute approximate surface area is 160 Å². The van der Waals surface area contributed by atoms with Crippen LogP contribution in [0.25, 0.3) is 0 Å². The molecule has 0 amide bonds. The smallest absolute Gasteiger partial charge is 0.172 e. The van der Waals surface area contributed by atoms with Gasteiger partial charge in [-0.15, -0.1) is 0 Å². The van der Waals surface area contributed by atoms with Gasteiger partial charge in [0.1, 0.15) is 11.6 Å². The first-order valence-electron chi connectivity index (χ1n) is 7.84. The molecule has 1 heterocycles. The van der Waals surface area contributed by atoms with Crippen molar-refractivity contribution in [3.8, 4) is 17.6 Å². The number of halogens is 1. The molecule has 1 aromatic heterocycles. The largest absolute Gasteiger partial charge is 0.503 e. The summed E-state index contributed by atoms with van der Waals surface area (Å²) in [6.07, 6.45) is 1.55.